The molecule has 0 amide bonds. The predicted octanol–water partition coefficient (Wildman–Crippen LogP) is 2.65. The molecule has 268 valence electrons. The number of hydrogen-bond acceptors (Lipinski definition) is 13. The van der Waals surface area contributed by atoms with Crippen molar-refractivity contribution in [1.82, 2.24) is 20.4 Å². The zero-order chi connectivity index (χ0) is 36.2. The Hall–Kier alpha value is -4.81. The van der Waals surface area contributed by atoms with Crippen molar-refractivity contribution in [3.63, 3.8) is 0 Å². The van der Waals surface area contributed by atoms with Gasteiger partial charge in [0, 0.05) is 69.7 Å². The highest BCUT2D eigenvalue weighted by Crippen LogP contribution is 2.40. The van der Waals surface area contributed by atoms with Crippen LogP contribution in [0.4, 0.5) is 5.69 Å². The van der Waals surface area contributed by atoms with Gasteiger partial charge in [-0.25, -0.2) is 9.59 Å². The molecule has 2 atom stereocenters. The normalized spacial score (nSPS) is 17.6. The molecule has 2 unspecified atom stereocenters. The number of esters is 2. The highest BCUT2D eigenvalue weighted by Gasteiger charge is 2.39. The summed E-state index contributed by atoms with van der Waals surface area (Å²) >= 11 is 0. The third-order valence-corrected chi connectivity index (χ3v) is 8.66. The Bertz CT molecular complexity index is 1610. The Balaban J connectivity index is 1.27. The lowest BCUT2D eigenvalue weighted by atomic mass is 9.80. The number of ether oxygens (including phenoxy) is 3. The maximum atomic E-state index is 13.6. The molecule has 0 spiro atoms. The number of benzene rings is 2. The second kappa shape index (κ2) is 18.3. The number of nitrogens with zero attached hydrogens (tertiary/aromatic N) is 4. The van der Waals surface area contributed by atoms with Gasteiger partial charge >= 0.3 is 11.9 Å². The number of carbonyl (C=O) groups is 2. The summed E-state index contributed by atoms with van der Waals surface area (Å²) in [7, 11) is 1.16. The number of hydrogen-bond donors (Lipinski definition) is 3. The van der Waals surface area contributed by atoms with Gasteiger partial charge in [-0.1, -0.05) is 38.1 Å². The van der Waals surface area contributed by atoms with Crippen LogP contribution in [0.2, 0.25) is 0 Å². The average molecular weight is 691 g/mol. The van der Waals surface area contributed by atoms with E-state index in [1.54, 1.807) is 13.0 Å². The Morgan fingerprint density at radius 3 is 2.38 bits per heavy atom. The van der Waals surface area contributed by atoms with E-state index in [1.807, 2.05) is 44.2 Å². The zero-order valence-electron chi connectivity index (χ0n) is 29.0. The highest BCUT2D eigenvalue weighted by molar-refractivity contribution is 6.00. The van der Waals surface area contributed by atoms with E-state index < -0.39 is 28.9 Å². The SMILES string of the molecule is COC(=O)C1=C(C#N)NC(C)=C(C(=O)OCCN2CCN(CCc3ccc(OCC(O)CNC(C)C)cc3)CC2)C1c1cccc([N+](=O)[O-])c1. The number of aliphatic hydroxyl groups is 1. The molecule has 0 saturated carbocycles. The molecule has 2 aromatic rings. The van der Waals surface area contributed by atoms with E-state index in [2.05, 4.69) is 20.4 Å². The highest BCUT2D eigenvalue weighted by atomic mass is 16.6. The van der Waals surface area contributed by atoms with Gasteiger partial charge in [-0.05, 0) is 36.6 Å². The number of nitrogens with one attached hydrogen (secondary N) is 2. The van der Waals surface area contributed by atoms with E-state index >= 15 is 0 Å². The quantitative estimate of drug-likeness (QED) is 0.133. The first-order valence-electron chi connectivity index (χ1n) is 16.7. The number of aliphatic hydroxyl groups excluding tert-OH is 1. The second-order valence-corrected chi connectivity index (χ2v) is 12.6. The van der Waals surface area contributed by atoms with Crippen LogP contribution in [-0.2, 0) is 25.5 Å². The molecule has 0 bridgehead atoms. The summed E-state index contributed by atoms with van der Waals surface area (Å²) in [5.41, 5.74) is 1.41. The smallest absolute Gasteiger partial charge is 0.337 e. The van der Waals surface area contributed by atoms with Crippen LogP contribution in [0.25, 0.3) is 0 Å². The number of nitriles is 1. The van der Waals surface area contributed by atoms with Gasteiger partial charge in [0.25, 0.3) is 5.69 Å². The van der Waals surface area contributed by atoms with Crippen molar-refractivity contribution in [1.29, 1.82) is 5.26 Å². The summed E-state index contributed by atoms with van der Waals surface area (Å²) in [5.74, 6) is -1.92. The first-order valence-corrected chi connectivity index (χ1v) is 16.7. The molecular weight excluding hydrogens is 644 g/mol. The van der Waals surface area contributed by atoms with Gasteiger partial charge in [0.1, 0.15) is 36.8 Å². The molecule has 2 aromatic carbocycles. The van der Waals surface area contributed by atoms with Gasteiger partial charge in [0.2, 0.25) is 0 Å². The number of allylic oxidation sites excluding steroid dienone is 2. The summed E-state index contributed by atoms with van der Waals surface area (Å²) in [6.07, 6.45) is 0.318. The van der Waals surface area contributed by atoms with Crippen molar-refractivity contribution in [2.75, 3.05) is 66.1 Å². The molecule has 1 fully saturated rings. The van der Waals surface area contributed by atoms with E-state index in [0.717, 1.165) is 52.0 Å². The monoisotopic (exact) mass is 690 g/mol. The molecule has 3 N–H and O–H groups in total. The summed E-state index contributed by atoms with van der Waals surface area (Å²) < 4.78 is 16.4. The third-order valence-electron chi connectivity index (χ3n) is 8.66. The van der Waals surface area contributed by atoms with E-state index in [1.165, 1.54) is 23.8 Å². The van der Waals surface area contributed by atoms with Crippen molar-refractivity contribution in [2.45, 2.75) is 45.3 Å². The number of methoxy groups -OCH3 is 1. The molecule has 2 aliphatic rings. The van der Waals surface area contributed by atoms with Crippen LogP contribution in [0.15, 0.2) is 71.1 Å². The van der Waals surface area contributed by atoms with Crippen molar-refractivity contribution >= 4 is 17.6 Å². The first kappa shape index (κ1) is 38.0. The largest absolute Gasteiger partial charge is 0.491 e. The Labute approximate surface area is 292 Å². The molecular formula is C36H46N6O8. The minimum Gasteiger partial charge on any atom is -0.491 e. The lowest BCUT2D eigenvalue weighted by Gasteiger charge is -2.34. The number of carbonyl (C=O) groups excluding carboxylic acids is 2. The third kappa shape index (κ3) is 10.3. The maximum Gasteiger partial charge on any atom is 0.337 e. The topological polar surface area (TPSA) is 180 Å². The zero-order valence-corrected chi connectivity index (χ0v) is 29.0. The van der Waals surface area contributed by atoms with Crippen molar-refractivity contribution in [3.8, 4) is 11.8 Å². The van der Waals surface area contributed by atoms with Gasteiger partial charge in [-0.15, -0.1) is 0 Å². The number of piperazine rings is 1. The molecule has 50 heavy (non-hydrogen) atoms. The first-order chi connectivity index (χ1) is 24.0. The van der Waals surface area contributed by atoms with Crippen molar-refractivity contribution in [2.24, 2.45) is 0 Å². The molecule has 14 heteroatoms. The van der Waals surface area contributed by atoms with E-state index in [-0.39, 0.29) is 41.3 Å². The average Bonchev–Trinajstić information content (AvgIpc) is 3.12. The fourth-order valence-electron chi connectivity index (χ4n) is 5.91. The van der Waals surface area contributed by atoms with Crippen molar-refractivity contribution in [3.05, 3.63) is 92.3 Å². The number of rotatable bonds is 16. The van der Waals surface area contributed by atoms with E-state index in [0.29, 0.717) is 24.8 Å². The van der Waals surface area contributed by atoms with Gasteiger partial charge in [-0.3, -0.25) is 15.0 Å². The van der Waals surface area contributed by atoms with Gasteiger partial charge in [0.05, 0.1) is 29.1 Å². The van der Waals surface area contributed by atoms with Crippen molar-refractivity contribution < 1.29 is 33.8 Å². The molecule has 0 aliphatic carbocycles. The van der Waals surface area contributed by atoms with Crippen LogP contribution in [0.1, 0.15) is 37.8 Å². The molecule has 2 aliphatic heterocycles. The number of non-ortho nitro benzene ring substituents is 1. The van der Waals surface area contributed by atoms with Crippen LogP contribution in [-0.4, -0.2) is 110 Å². The molecule has 2 heterocycles. The molecule has 14 nitrogen and oxygen atoms in total. The lowest BCUT2D eigenvalue weighted by molar-refractivity contribution is -0.384. The molecule has 0 radical (unpaired) electrons. The predicted molar refractivity (Wildman–Crippen MR) is 185 cm³/mol. The minimum absolute atomic E-state index is 0.0749. The van der Waals surface area contributed by atoms with Gasteiger partial charge < -0.3 is 34.9 Å². The number of nitro groups is 1. The van der Waals surface area contributed by atoms with Gasteiger partial charge in [0.15, 0.2) is 0 Å². The number of nitro benzene ring substituents is 1. The van der Waals surface area contributed by atoms with Crippen LogP contribution >= 0.6 is 0 Å². The van der Waals surface area contributed by atoms with E-state index in [4.69, 9.17) is 14.2 Å². The molecule has 1 saturated heterocycles. The minimum atomic E-state index is -1.11. The standard InChI is InChI=1S/C36H46N6O8/c1-24(2)38-22-29(43)23-50-30-10-8-26(9-11-30)12-13-40-14-16-41(17-15-40)18-19-49-36(45)32-25(3)39-31(21-37)34(35(44)48-4)33(32)27-6-5-7-28(20-27)42(46)47/h5-11,20,24,29,33,38-39,43H,12-19,22-23H2,1-4H3. The van der Waals surface area contributed by atoms with E-state index in [9.17, 15) is 30.1 Å². The maximum absolute atomic E-state index is 13.6. The Morgan fingerprint density at radius 1 is 1.08 bits per heavy atom. The summed E-state index contributed by atoms with van der Waals surface area (Å²) in [4.78, 5) is 42.0. The molecule has 4 rings (SSSR count). The van der Waals surface area contributed by atoms with Gasteiger partial charge in [-0.2, -0.15) is 5.26 Å². The van der Waals surface area contributed by atoms with Crippen LogP contribution < -0.4 is 15.4 Å². The summed E-state index contributed by atoms with van der Waals surface area (Å²) in [6.45, 7) is 11.2. The lowest BCUT2D eigenvalue weighted by Crippen LogP contribution is -2.47. The van der Waals surface area contributed by atoms with Crippen LogP contribution in [0, 0.1) is 21.4 Å². The fraction of sp³-hybridized carbons (Fsp3) is 0.472. The van der Waals surface area contributed by atoms with Crippen LogP contribution in [0.3, 0.4) is 0 Å². The Kier molecular flexibility index (Phi) is 13.9. The number of dihydropyridines is 1. The molecule has 0 aromatic heterocycles. The summed E-state index contributed by atoms with van der Waals surface area (Å²) in [5, 5.41) is 37.3. The van der Waals surface area contributed by atoms with Crippen LogP contribution in [0.5, 0.6) is 5.75 Å². The Morgan fingerprint density at radius 2 is 1.76 bits per heavy atom. The summed E-state index contributed by atoms with van der Waals surface area (Å²) in [6, 6.07) is 15.8. The fourth-order valence-corrected chi connectivity index (χ4v) is 5.91. The second-order valence-electron chi connectivity index (χ2n) is 12.6.